The molecule has 1 aromatic carbocycles. The Kier molecular flexibility index (Phi) is 5.20. The maximum atomic E-state index is 12.4. The summed E-state index contributed by atoms with van der Waals surface area (Å²) in [5, 5.41) is 16.8. The zero-order valence-electron chi connectivity index (χ0n) is 13.4. The van der Waals surface area contributed by atoms with E-state index in [4.69, 9.17) is 23.2 Å². The summed E-state index contributed by atoms with van der Waals surface area (Å²) in [5.41, 5.74) is -1.23. The molecule has 0 aliphatic carbocycles. The Morgan fingerprint density at radius 2 is 1.92 bits per heavy atom. The first kappa shape index (κ1) is 18.3. The highest BCUT2D eigenvalue weighted by Gasteiger charge is 2.38. The number of aliphatic carboxylic acids is 1. The highest BCUT2D eigenvalue weighted by molar-refractivity contribution is 6.42. The fraction of sp³-hybridized carbons (Fsp3) is 0.312. The minimum absolute atomic E-state index is 0.0903. The van der Waals surface area contributed by atoms with Crippen LogP contribution in [0.4, 0.5) is 0 Å². The van der Waals surface area contributed by atoms with E-state index in [1.165, 1.54) is 31.2 Å². The van der Waals surface area contributed by atoms with Gasteiger partial charge in [0.2, 0.25) is 0 Å². The molecule has 0 saturated carbocycles. The molecule has 2 N–H and O–H groups in total. The molecule has 0 saturated heterocycles. The van der Waals surface area contributed by atoms with Crippen molar-refractivity contribution < 1.29 is 14.7 Å². The number of carbonyl (C=O) groups is 2. The Bertz CT molecular complexity index is 789. The number of carbonyl (C=O) groups excluding carboxylic acids is 1. The Morgan fingerprint density at radius 1 is 1.25 bits per heavy atom. The molecule has 0 spiro atoms. The molecule has 8 heteroatoms. The lowest BCUT2D eigenvalue weighted by Crippen LogP contribution is -2.49. The topological polar surface area (TPSA) is 84.2 Å². The smallest absolute Gasteiger partial charge is 0.333 e. The lowest BCUT2D eigenvalue weighted by Gasteiger charge is -2.26. The van der Waals surface area contributed by atoms with Crippen LogP contribution in [0.25, 0.3) is 0 Å². The Balaban J connectivity index is 2.34. The van der Waals surface area contributed by atoms with E-state index in [-0.39, 0.29) is 16.8 Å². The molecule has 128 valence electrons. The van der Waals surface area contributed by atoms with Crippen LogP contribution < -0.4 is 5.32 Å². The lowest BCUT2D eigenvalue weighted by molar-refractivity contribution is -0.144. The molecular formula is C16H17Cl2N3O3. The van der Waals surface area contributed by atoms with Crippen molar-refractivity contribution in [3.05, 3.63) is 51.8 Å². The summed E-state index contributed by atoms with van der Waals surface area (Å²) in [4.78, 5) is 24.2. The molecule has 1 aromatic heterocycles. The van der Waals surface area contributed by atoms with E-state index in [0.29, 0.717) is 10.6 Å². The maximum Gasteiger partial charge on any atom is 0.333 e. The van der Waals surface area contributed by atoms with Crippen LogP contribution in [0.2, 0.25) is 10.0 Å². The van der Waals surface area contributed by atoms with Crippen molar-refractivity contribution in [2.24, 2.45) is 0 Å². The van der Waals surface area contributed by atoms with E-state index >= 15 is 0 Å². The van der Waals surface area contributed by atoms with Gasteiger partial charge in [-0.3, -0.25) is 9.48 Å². The third kappa shape index (κ3) is 3.55. The number of carboxylic acid groups (broad SMARTS) is 1. The van der Waals surface area contributed by atoms with Crippen molar-refractivity contribution in [3.63, 3.8) is 0 Å². The monoisotopic (exact) mass is 369 g/mol. The van der Waals surface area contributed by atoms with Gasteiger partial charge in [-0.15, -0.1) is 0 Å². The van der Waals surface area contributed by atoms with E-state index < -0.39 is 17.4 Å². The van der Waals surface area contributed by atoms with Crippen molar-refractivity contribution in [2.45, 2.75) is 32.4 Å². The molecule has 1 amide bonds. The molecule has 1 atom stereocenters. The zero-order valence-corrected chi connectivity index (χ0v) is 14.9. The summed E-state index contributed by atoms with van der Waals surface area (Å²) < 4.78 is 1.62. The molecule has 0 radical (unpaired) electrons. The van der Waals surface area contributed by atoms with Crippen molar-refractivity contribution in [1.29, 1.82) is 0 Å². The van der Waals surface area contributed by atoms with Gasteiger partial charge in [0.25, 0.3) is 5.91 Å². The fourth-order valence-electron chi connectivity index (χ4n) is 2.09. The van der Waals surface area contributed by atoms with Gasteiger partial charge in [0.05, 0.1) is 10.0 Å². The summed E-state index contributed by atoms with van der Waals surface area (Å²) in [7, 11) is 0. The third-order valence-electron chi connectivity index (χ3n) is 3.66. The average Bonchev–Trinajstić information content (AvgIpc) is 3.00. The van der Waals surface area contributed by atoms with Gasteiger partial charge in [-0.2, -0.15) is 5.10 Å². The van der Waals surface area contributed by atoms with Crippen molar-refractivity contribution in [3.8, 4) is 0 Å². The normalized spacial score (nSPS) is 13.6. The van der Waals surface area contributed by atoms with Crippen LogP contribution in [-0.4, -0.2) is 26.8 Å². The Hall–Kier alpha value is -2.05. The predicted molar refractivity (Wildman–Crippen MR) is 91.5 cm³/mol. The number of hydrogen-bond donors (Lipinski definition) is 2. The van der Waals surface area contributed by atoms with Crippen LogP contribution in [0.1, 0.15) is 42.9 Å². The van der Waals surface area contributed by atoms with Gasteiger partial charge < -0.3 is 10.4 Å². The maximum absolute atomic E-state index is 12.4. The van der Waals surface area contributed by atoms with Crippen LogP contribution in [-0.2, 0) is 10.3 Å². The van der Waals surface area contributed by atoms with Gasteiger partial charge in [-0.05, 0) is 44.5 Å². The molecule has 0 fully saturated rings. The summed E-state index contributed by atoms with van der Waals surface area (Å²) in [6.07, 6.45) is 1.66. The SMILES string of the molecule is CC(C)n1ccc(C(=O)NC(C)(C(=O)O)c2ccc(Cl)c(Cl)c2)n1. The highest BCUT2D eigenvalue weighted by Crippen LogP contribution is 2.29. The highest BCUT2D eigenvalue weighted by atomic mass is 35.5. The first-order chi connectivity index (χ1) is 11.1. The van der Waals surface area contributed by atoms with E-state index in [2.05, 4.69) is 10.4 Å². The van der Waals surface area contributed by atoms with Crippen molar-refractivity contribution >= 4 is 35.1 Å². The second kappa shape index (κ2) is 6.83. The number of benzene rings is 1. The average molecular weight is 370 g/mol. The first-order valence-electron chi connectivity index (χ1n) is 7.21. The van der Waals surface area contributed by atoms with Crippen molar-refractivity contribution in [2.75, 3.05) is 0 Å². The van der Waals surface area contributed by atoms with E-state index in [1.54, 1.807) is 10.9 Å². The van der Waals surface area contributed by atoms with Crippen LogP contribution in [0, 0.1) is 0 Å². The molecule has 1 heterocycles. The molecule has 2 aromatic rings. The minimum Gasteiger partial charge on any atom is -0.479 e. The standard InChI is InChI=1S/C16H17Cl2N3O3/c1-9(2)21-7-6-13(20-21)14(22)19-16(3,15(23)24)10-4-5-11(17)12(18)8-10/h4-9H,1-3H3,(H,19,22)(H,23,24). The molecular weight excluding hydrogens is 353 g/mol. The number of hydrogen-bond acceptors (Lipinski definition) is 3. The van der Waals surface area contributed by atoms with Gasteiger partial charge in [-0.25, -0.2) is 4.79 Å². The van der Waals surface area contributed by atoms with Gasteiger partial charge in [0.15, 0.2) is 5.54 Å². The number of nitrogens with zero attached hydrogens (tertiary/aromatic N) is 2. The molecule has 0 aliphatic rings. The largest absolute Gasteiger partial charge is 0.479 e. The van der Waals surface area contributed by atoms with E-state index in [0.717, 1.165) is 0 Å². The number of carboxylic acids is 1. The van der Waals surface area contributed by atoms with Gasteiger partial charge in [-0.1, -0.05) is 29.3 Å². The first-order valence-corrected chi connectivity index (χ1v) is 7.97. The fourth-order valence-corrected chi connectivity index (χ4v) is 2.39. The summed E-state index contributed by atoms with van der Waals surface area (Å²) in [5.74, 6) is -1.82. The molecule has 6 nitrogen and oxygen atoms in total. The van der Waals surface area contributed by atoms with Gasteiger partial charge >= 0.3 is 5.97 Å². The van der Waals surface area contributed by atoms with E-state index in [1.807, 2.05) is 13.8 Å². The summed E-state index contributed by atoms with van der Waals surface area (Å²) >= 11 is 11.8. The lowest BCUT2D eigenvalue weighted by atomic mass is 9.92. The van der Waals surface area contributed by atoms with Gasteiger partial charge in [0, 0.05) is 12.2 Å². The van der Waals surface area contributed by atoms with Crippen molar-refractivity contribution in [1.82, 2.24) is 15.1 Å². The minimum atomic E-state index is -1.67. The molecule has 0 bridgehead atoms. The summed E-state index contributed by atoms with van der Waals surface area (Å²) in [6.45, 7) is 5.23. The van der Waals surface area contributed by atoms with Gasteiger partial charge in [0.1, 0.15) is 5.69 Å². The predicted octanol–water partition coefficient (Wildman–Crippen LogP) is 3.50. The van der Waals surface area contributed by atoms with Crippen LogP contribution in [0.3, 0.4) is 0 Å². The number of aromatic nitrogens is 2. The quantitative estimate of drug-likeness (QED) is 0.844. The van der Waals surface area contributed by atoms with Crippen LogP contribution in [0.5, 0.6) is 0 Å². The number of halogens is 2. The molecule has 0 aliphatic heterocycles. The van der Waals surface area contributed by atoms with Crippen LogP contribution >= 0.6 is 23.2 Å². The molecule has 2 rings (SSSR count). The molecule has 1 unspecified atom stereocenters. The third-order valence-corrected chi connectivity index (χ3v) is 4.40. The zero-order chi connectivity index (χ0) is 18.1. The van der Waals surface area contributed by atoms with E-state index in [9.17, 15) is 14.7 Å². The molecule has 24 heavy (non-hydrogen) atoms. The Morgan fingerprint density at radius 3 is 2.42 bits per heavy atom. The number of rotatable bonds is 5. The number of nitrogens with one attached hydrogen (secondary N) is 1. The van der Waals surface area contributed by atoms with Crippen LogP contribution in [0.15, 0.2) is 30.5 Å². The second-order valence-electron chi connectivity index (χ2n) is 5.79. The second-order valence-corrected chi connectivity index (χ2v) is 6.60. The number of amides is 1. The summed E-state index contributed by atoms with van der Waals surface area (Å²) in [6, 6.07) is 6.04. The Labute approximate surface area is 149 Å².